The number of rotatable bonds is 7. The molecule has 0 unspecified atom stereocenters. The number of nitrogens with one attached hydrogen (secondary N) is 1. The second-order valence-corrected chi connectivity index (χ2v) is 7.97. The zero-order valence-corrected chi connectivity index (χ0v) is 19.2. The molecular weight excluding hydrogens is 523 g/mol. The molecule has 202 valence electrons. The molecule has 0 bridgehead atoms. The maximum atomic E-state index is 12.9. The molecule has 2 aromatic carbocycles. The summed E-state index contributed by atoms with van der Waals surface area (Å²) < 4.78 is 54.7. The third-order valence-electron chi connectivity index (χ3n) is 5.36. The van der Waals surface area contributed by atoms with Gasteiger partial charge in [0.2, 0.25) is 6.29 Å². The van der Waals surface area contributed by atoms with Crippen molar-refractivity contribution in [2.45, 2.75) is 44.1 Å². The number of carbonyl (C=O) groups is 3. The average molecular weight is 541 g/mol. The molecule has 38 heavy (non-hydrogen) atoms. The topological polar surface area (TPSA) is 177 Å². The van der Waals surface area contributed by atoms with Gasteiger partial charge in [0.05, 0.1) is 33.1 Å². The first-order chi connectivity index (χ1) is 17.8. The summed E-state index contributed by atoms with van der Waals surface area (Å²) in [7, 11) is 0. The van der Waals surface area contributed by atoms with Crippen LogP contribution in [-0.4, -0.2) is 58.4 Å². The Morgan fingerprint density at radius 3 is 1.76 bits per heavy atom. The van der Waals surface area contributed by atoms with Gasteiger partial charge >= 0.3 is 24.0 Å². The Morgan fingerprint density at radius 2 is 1.34 bits per heavy atom. The highest BCUT2D eigenvalue weighted by Crippen LogP contribution is 2.27. The lowest BCUT2D eigenvalue weighted by Gasteiger charge is -2.39. The van der Waals surface area contributed by atoms with E-state index >= 15 is 0 Å². The lowest BCUT2D eigenvalue weighted by atomic mass is 9.98. The zero-order chi connectivity index (χ0) is 28.2. The Morgan fingerprint density at radius 1 is 0.895 bits per heavy atom. The predicted octanol–water partition coefficient (Wildman–Crippen LogP) is 3.07. The summed E-state index contributed by atoms with van der Waals surface area (Å²) in [4.78, 5) is 56.8. The summed E-state index contributed by atoms with van der Waals surface area (Å²) in [6.07, 6.45) is -9.99. The van der Waals surface area contributed by atoms with Crippen molar-refractivity contribution in [3.63, 3.8) is 0 Å². The van der Waals surface area contributed by atoms with Gasteiger partial charge in [-0.25, -0.2) is 9.59 Å². The van der Waals surface area contributed by atoms with Crippen LogP contribution in [0.15, 0.2) is 48.5 Å². The van der Waals surface area contributed by atoms with E-state index in [-0.39, 0.29) is 22.5 Å². The van der Waals surface area contributed by atoms with Gasteiger partial charge in [0.25, 0.3) is 11.4 Å². The second kappa shape index (κ2) is 11.2. The maximum absolute atomic E-state index is 12.9. The van der Waals surface area contributed by atoms with Crippen LogP contribution in [0.5, 0.6) is 0 Å². The number of ether oxygens (including phenoxy) is 3. The van der Waals surface area contributed by atoms with E-state index in [1.807, 2.05) is 0 Å². The molecule has 0 aromatic heterocycles. The van der Waals surface area contributed by atoms with Gasteiger partial charge in [-0.05, 0) is 31.2 Å². The number of alkyl halides is 3. The lowest BCUT2D eigenvalue weighted by Crippen LogP contribution is -2.58. The first kappa shape index (κ1) is 28.0. The van der Waals surface area contributed by atoms with Gasteiger partial charge in [0.1, 0.15) is 6.10 Å². The number of nitrogens with zero attached hydrogens (tertiary/aromatic N) is 2. The summed E-state index contributed by atoms with van der Waals surface area (Å²) >= 11 is 0. The number of nitro benzene ring substituents is 2. The summed E-state index contributed by atoms with van der Waals surface area (Å²) in [6.45, 7) is 1.30. The quantitative estimate of drug-likeness (QED) is 0.311. The molecule has 2 aromatic rings. The Bertz CT molecular complexity index is 1230. The van der Waals surface area contributed by atoms with Gasteiger partial charge < -0.3 is 19.5 Å². The van der Waals surface area contributed by atoms with Crippen molar-refractivity contribution in [1.29, 1.82) is 0 Å². The van der Waals surface area contributed by atoms with Crippen molar-refractivity contribution in [1.82, 2.24) is 5.32 Å². The van der Waals surface area contributed by atoms with E-state index in [0.717, 1.165) is 48.5 Å². The van der Waals surface area contributed by atoms with Crippen LogP contribution in [0.4, 0.5) is 24.5 Å². The van der Waals surface area contributed by atoms with Gasteiger partial charge in [-0.15, -0.1) is 0 Å². The Labute approximate surface area is 210 Å². The third-order valence-corrected chi connectivity index (χ3v) is 5.36. The van der Waals surface area contributed by atoms with Gasteiger partial charge in [0, 0.05) is 30.7 Å². The molecule has 1 N–H and O–H groups in total. The molecule has 1 heterocycles. The number of hydrogen-bond acceptors (Lipinski definition) is 10. The molecule has 0 spiro atoms. The normalized spacial score (nSPS) is 21.2. The summed E-state index contributed by atoms with van der Waals surface area (Å²) in [5.41, 5.74) is -0.884. The number of esters is 2. The van der Waals surface area contributed by atoms with Crippen LogP contribution < -0.4 is 5.32 Å². The van der Waals surface area contributed by atoms with Crippen molar-refractivity contribution in [2.75, 3.05) is 0 Å². The molecule has 1 aliphatic heterocycles. The largest absolute Gasteiger partial charge is 0.471 e. The number of hydrogen-bond donors (Lipinski definition) is 1. The molecule has 4 atom stereocenters. The highest BCUT2D eigenvalue weighted by atomic mass is 19.4. The molecule has 1 aliphatic rings. The van der Waals surface area contributed by atoms with E-state index in [9.17, 15) is 47.8 Å². The zero-order valence-electron chi connectivity index (χ0n) is 19.2. The molecule has 13 nitrogen and oxygen atoms in total. The molecule has 0 saturated carbocycles. The van der Waals surface area contributed by atoms with Gasteiger partial charge in [-0.2, -0.15) is 13.2 Å². The van der Waals surface area contributed by atoms with E-state index in [2.05, 4.69) is 0 Å². The van der Waals surface area contributed by atoms with Crippen LogP contribution in [0.1, 0.15) is 34.1 Å². The monoisotopic (exact) mass is 541 g/mol. The fourth-order valence-corrected chi connectivity index (χ4v) is 3.50. The molecule has 16 heteroatoms. The van der Waals surface area contributed by atoms with Crippen LogP contribution in [0.2, 0.25) is 0 Å². The van der Waals surface area contributed by atoms with Gasteiger partial charge in [-0.1, -0.05) is 0 Å². The minimum Gasteiger partial charge on any atom is -0.454 e. The molecular formula is C22H18F3N3O10. The number of halogens is 3. The first-order valence-corrected chi connectivity index (χ1v) is 10.7. The van der Waals surface area contributed by atoms with E-state index in [0.29, 0.717) is 0 Å². The van der Waals surface area contributed by atoms with E-state index < -0.39 is 64.8 Å². The molecule has 1 amide bonds. The molecule has 1 fully saturated rings. The molecule has 1 saturated heterocycles. The van der Waals surface area contributed by atoms with Crippen LogP contribution in [0.25, 0.3) is 0 Å². The number of non-ortho nitro benzene ring substituents is 2. The van der Waals surface area contributed by atoms with E-state index in [1.165, 1.54) is 6.92 Å². The smallest absolute Gasteiger partial charge is 0.454 e. The van der Waals surface area contributed by atoms with E-state index in [4.69, 9.17) is 14.2 Å². The molecule has 0 radical (unpaired) electrons. The van der Waals surface area contributed by atoms with Crippen LogP contribution in [-0.2, 0) is 19.0 Å². The van der Waals surface area contributed by atoms with Crippen molar-refractivity contribution in [2.24, 2.45) is 0 Å². The maximum Gasteiger partial charge on any atom is 0.471 e. The van der Waals surface area contributed by atoms with Crippen molar-refractivity contribution in [3.8, 4) is 0 Å². The summed E-state index contributed by atoms with van der Waals surface area (Å²) in [5, 5.41) is 23.3. The standard InChI is InChI=1S/C22H18F3N3O10/c1-11-18(38-20(30)13-4-8-15(9-5-13)28(34)35)16(26-21(31)22(23,24)25)10-17(36-11)37-19(29)12-2-6-14(7-3-12)27(32)33/h2-9,11,16-18H,10H2,1H3,(H,26,31)/t11-,16-,17-,18+/m0/s1. The minimum absolute atomic E-state index is 0.116. The predicted molar refractivity (Wildman–Crippen MR) is 118 cm³/mol. The lowest BCUT2D eigenvalue weighted by molar-refractivity contribution is -0.385. The molecule has 3 rings (SSSR count). The van der Waals surface area contributed by atoms with Crippen molar-refractivity contribution < 1.29 is 51.6 Å². The van der Waals surface area contributed by atoms with Gasteiger partial charge in [0.15, 0.2) is 0 Å². The Kier molecular flexibility index (Phi) is 8.25. The second-order valence-electron chi connectivity index (χ2n) is 7.97. The summed E-state index contributed by atoms with van der Waals surface area (Å²) in [6, 6.07) is 6.96. The average Bonchev–Trinajstić information content (AvgIpc) is 2.85. The fraction of sp³-hybridized carbons (Fsp3) is 0.318. The van der Waals surface area contributed by atoms with Crippen LogP contribution in [0, 0.1) is 20.2 Å². The van der Waals surface area contributed by atoms with E-state index in [1.54, 1.807) is 5.32 Å². The minimum atomic E-state index is -5.28. The fourth-order valence-electron chi connectivity index (χ4n) is 3.50. The Hall–Kier alpha value is -4.60. The number of benzene rings is 2. The summed E-state index contributed by atoms with van der Waals surface area (Å²) in [5.74, 6) is -4.42. The van der Waals surface area contributed by atoms with Gasteiger partial charge in [-0.3, -0.25) is 25.0 Å². The molecule has 0 aliphatic carbocycles. The number of amides is 1. The van der Waals surface area contributed by atoms with Crippen molar-refractivity contribution >= 4 is 29.2 Å². The number of nitro groups is 2. The first-order valence-electron chi connectivity index (χ1n) is 10.7. The Balaban J connectivity index is 1.76. The number of carbonyl (C=O) groups excluding carboxylic acids is 3. The van der Waals surface area contributed by atoms with Crippen molar-refractivity contribution in [3.05, 3.63) is 79.9 Å². The third kappa shape index (κ3) is 6.78. The van der Waals surface area contributed by atoms with Crippen LogP contribution >= 0.6 is 0 Å². The highest BCUT2D eigenvalue weighted by Gasteiger charge is 2.46. The highest BCUT2D eigenvalue weighted by molar-refractivity contribution is 5.90. The van der Waals surface area contributed by atoms with Crippen LogP contribution in [0.3, 0.4) is 0 Å². The SMILES string of the molecule is C[C@@H]1O[C@@H](OC(=O)c2ccc([N+](=O)[O-])cc2)C[C@H](NC(=O)C(F)(F)F)[C@@H]1OC(=O)c1ccc([N+](=O)[O-])cc1.